The van der Waals surface area contributed by atoms with E-state index in [9.17, 15) is 0 Å². The Balaban J connectivity index is 2.56. The van der Waals surface area contributed by atoms with Crippen LogP contribution in [0.4, 0.5) is 0 Å². The maximum Gasteiger partial charge on any atom is 0.0209 e. The van der Waals surface area contributed by atoms with Gasteiger partial charge in [-0.2, -0.15) is 0 Å². The number of rotatable bonds is 0. The molecule has 0 atom stereocenters. The van der Waals surface area contributed by atoms with Gasteiger partial charge in [-0.1, -0.05) is 30.3 Å². The molecular formula is C15H11I. The van der Waals surface area contributed by atoms with Crippen LogP contribution in [0, 0.1) is 10.5 Å². The highest BCUT2D eigenvalue weighted by Crippen LogP contribution is 2.28. The molecule has 0 aliphatic heterocycles. The van der Waals surface area contributed by atoms with Crippen LogP contribution in [0.25, 0.3) is 21.5 Å². The smallest absolute Gasteiger partial charge is 0.0209 e. The predicted octanol–water partition coefficient (Wildman–Crippen LogP) is 4.91. The second kappa shape index (κ2) is 3.74. The first kappa shape index (κ1) is 10.1. The van der Waals surface area contributed by atoms with Crippen LogP contribution in [-0.2, 0) is 0 Å². The lowest BCUT2D eigenvalue weighted by atomic mass is 10.0. The van der Waals surface area contributed by atoms with Gasteiger partial charge in [0, 0.05) is 3.57 Å². The van der Waals surface area contributed by atoms with Gasteiger partial charge in [0.25, 0.3) is 0 Å². The van der Waals surface area contributed by atoms with Gasteiger partial charge in [0.15, 0.2) is 0 Å². The summed E-state index contributed by atoms with van der Waals surface area (Å²) in [6.45, 7) is 2.17. The summed E-state index contributed by atoms with van der Waals surface area (Å²) in [6, 6.07) is 17.5. The van der Waals surface area contributed by atoms with Gasteiger partial charge in [-0.25, -0.2) is 0 Å². The van der Waals surface area contributed by atoms with Crippen LogP contribution in [0.15, 0.2) is 48.5 Å². The minimum absolute atomic E-state index is 1.32. The number of fused-ring (bicyclic) bond motifs is 2. The molecule has 0 aromatic heterocycles. The standard InChI is InChI=1S/C15H11I/c1-10-6-7-15(16)14-9-12-5-3-2-4-11(12)8-13(10)14/h2-9H,1H3. The van der Waals surface area contributed by atoms with Crippen LogP contribution in [-0.4, -0.2) is 0 Å². The maximum absolute atomic E-state index is 2.41. The van der Waals surface area contributed by atoms with E-state index < -0.39 is 0 Å². The Morgan fingerprint density at radius 1 is 0.812 bits per heavy atom. The van der Waals surface area contributed by atoms with Gasteiger partial charge < -0.3 is 0 Å². The van der Waals surface area contributed by atoms with Crippen molar-refractivity contribution in [2.45, 2.75) is 6.92 Å². The Morgan fingerprint density at radius 3 is 2.12 bits per heavy atom. The molecule has 0 saturated carbocycles. The molecule has 1 heteroatoms. The normalized spacial score (nSPS) is 11.1. The summed E-state index contributed by atoms with van der Waals surface area (Å²) >= 11 is 2.41. The molecule has 0 nitrogen and oxygen atoms in total. The minimum atomic E-state index is 1.32. The molecule has 0 heterocycles. The SMILES string of the molecule is Cc1ccc(I)c2cc3ccccc3cc12. The number of benzene rings is 3. The van der Waals surface area contributed by atoms with Crippen molar-refractivity contribution in [2.75, 3.05) is 0 Å². The van der Waals surface area contributed by atoms with Gasteiger partial charge in [0.05, 0.1) is 0 Å². The first-order valence-electron chi connectivity index (χ1n) is 5.33. The molecule has 3 aromatic rings. The van der Waals surface area contributed by atoms with Crippen molar-refractivity contribution >= 4 is 44.1 Å². The summed E-state index contributed by atoms with van der Waals surface area (Å²) in [4.78, 5) is 0. The number of hydrogen-bond donors (Lipinski definition) is 0. The van der Waals surface area contributed by atoms with Crippen molar-refractivity contribution < 1.29 is 0 Å². The van der Waals surface area contributed by atoms with Crippen LogP contribution in [0.2, 0.25) is 0 Å². The molecule has 0 aliphatic carbocycles. The maximum atomic E-state index is 2.41. The average molecular weight is 318 g/mol. The van der Waals surface area contributed by atoms with E-state index in [-0.39, 0.29) is 0 Å². The molecule has 78 valence electrons. The van der Waals surface area contributed by atoms with E-state index in [0.29, 0.717) is 0 Å². The highest BCUT2D eigenvalue weighted by atomic mass is 127. The molecule has 0 fully saturated rings. The number of hydrogen-bond acceptors (Lipinski definition) is 0. The highest BCUT2D eigenvalue weighted by molar-refractivity contribution is 14.1. The van der Waals surface area contributed by atoms with Crippen LogP contribution in [0.3, 0.4) is 0 Å². The van der Waals surface area contributed by atoms with E-state index in [0.717, 1.165) is 0 Å². The quantitative estimate of drug-likeness (QED) is 0.408. The van der Waals surface area contributed by atoms with Crippen molar-refractivity contribution in [2.24, 2.45) is 0 Å². The molecule has 3 rings (SSSR count). The van der Waals surface area contributed by atoms with Crippen molar-refractivity contribution in [3.8, 4) is 0 Å². The molecular weight excluding hydrogens is 307 g/mol. The van der Waals surface area contributed by atoms with Gasteiger partial charge in [-0.3, -0.25) is 0 Å². The van der Waals surface area contributed by atoms with E-state index in [2.05, 4.69) is 78.0 Å². The third kappa shape index (κ3) is 1.50. The molecule has 0 aliphatic rings. The van der Waals surface area contributed by atoms with Gasteiger partial charge in [0.2, 0.25) is 0 Å². The number of halogens is 1. The molecule has 16 heavy (non-hydrogen) atoms. The minimum Gasteiger partial charge on any atom is -0.0616 e. The zero-order chi connectivity index (χ0) is 11.1. The monoisotopic (exact) mass is 318 g/mol. The number of aryl methyl sites for hydroxylation is 1. The molecule has 0 saturated heterocycles. The third-order valence-electron chi connectivity index (χ3n) is 3.05. The Labute approximate surface area is 108 Å². The van der Waals surface area contributed by atoms with Crippen LogP contribution < -0.4 is 0 Å². The fourth-order valence-electron chi connectivity index (χ4n) is 2.14. The zero-order valence-corrected chi connectivity index (χ0v) is 11.2. The lowest BCUT2D eigenvalue weighted by Crippen LogP contribution is -1.83. The largest absolute Gasteiger partial charge is 0.0616 e. The fraction of sp³-hybridized carbons (Fsp3) is 0.0667. The first-order valence-corrected chi connectivity index (χ1v) is 6.41. The van der Waals surface area contributed by atoms with Crippen molar-refractivity contribution in [1.29, 1.82) is 0 Å². The first-order chi connectivity index (χ1) is 7.75. The fourth-order valence-corrected chi connectivity index (χ4v) is 2.77. The lowest BCUT2D eigenvalue weighted by molar-refractivity contribution is 1.52. The molecule has 0 unspecified atom stereocenters. The summed E-state index contributed by atoms with van der Waals surface area (Å²) in [7, 11) is 0. The van der Waals surface area contributed by atoms with E-state index >= 15 is 0 Å². The van der Waals surface area contributed by atoms with Gasteiger partial charge in [0.1, 0.15) is 0 Å². The zero-order valence-electron chi connectivity index (χ0n) is 9.00. The summed E-state index contributed by atoms with van der Waals surface area (Å²) in [5.74, 6) is 0. The summed E-state index contributed by atoms with van der Waals surface area (Å²) in [5, 5.41) is 5.36. The second-order valence-electron chi connectivity index (χ2n) is 4.11. The highest BCUT2D eigenvalue weighted by Gasteiger charge is 2.03. The van der Waals surface area contributed by atoms with Crippen LogP contribution >= 0.6 is 22.6 Å². The molecule has 0 amide bonds. The van der Waals surface area contributed by atoms with Crippen molar-refractivity contribution in [1.82, 2.24) is 0 Å². The molecule has 0 radical (unpaired) electrons. The molecule has 0 bridgehead atoms. The van der Waals surface area contributed by atoms with Crippen molar-refractivity contribution in [3.05, 3.63) is 57.7 Å². The van der Waals surface area contributed by atoms with E-state index in [1.54, 1.807) is 0 Å². The Bertz CT molecular complexity index is 623. The van der Waals surface area contributed by atoms with Crippen molar-refractivity contribution in [3.63, 3.8) is 0 Å². The summed E-state index contributed by atoms with van der Waals surface area (Å²) in [6.07, 6.45) is 0. The molecule has 3 aromatic carbocycles. The summed E-state index contributed by atoms with van der Waals surface area (Å²) < 4.78 is 1.32. The molecule has 0 N–H and O–H groups in total. The van der Waals surface area contributed by atoms with Gasteiger partial charge in [-0.05, 0) is 74.8 Å². The third-order valence-corrected chi connectivity index (χ3v) is 3.99. The Kier molecular flexibility index (Phi) is 2.36. The predicted molar refractivity (Wildman–Crippen MR) is 78.9 cm³/mol. The van der Waals surface area contributed by atoms with E-state index in [1.807, 2.05) is 0 Å². The summed E-state index contributed by atoms with van der Waals surface area (Å²) in [5.41, 5.74) is 1.35. The van der Waals surface area contributed by atoms with Crippen LogP contribution in [0.5, 0.6) is 0 Å². The second-order valence-corrected chi connectivity index (χ2v) is 5.27. The lowest BCUT2D eigenvalue weighted by Gasteiger charge is -2.06. The van der Waals surface area contributed by atoms with Gasteiger partial charge in [-0.15, -0.1) is 0 Å². The average Bonchev–Trinajstić information content (AvgIpc) is 2.32. The Morgan fingerprint density at radius 2 is 1.44 bits per heavy atom. The van der Waals surface area contributed by atoms with Crippen LogP contribution in [0.1, 0.15) is 5.56 Å². The molecule has 0 spiro atoms. The van der Waals surface area contributed by atoms with E-state index in [1.165, 1.54) is 30.7 Å². The Hall–Kier alpha value is -1.09. The van der Waals surface area contributed by atoms with Gasteiger partial charge >= 0.3 is 0 Å². The van der Waals surface area contributed by atoms with E-state index in [4.69, 9.17) is 0 Å². The topological polar surface area (TPSA) is 0 Å².